The molecular weight excluding hydrogens is 320 g/mol. The minimum absolute atomic E-state index is 0.0453. The monoisotopic (exact) mass is 335 g/mol. The number of nitro groups is 1. The van der Waals surface area contributed by atoms with Gasteiger partial charge >= 0.3 is 6.03 Å². The van der Waals surface area contributed by atoms with Crippen molar-refractivity contribution in [1.82, 2.24) is 5.32 Å². The number of nitrogens with one attached hydrogen (secondary N) is 2. The Morgan fingerprint density at radius 1 is 1.17 bits per heavy atom. The Labute approximate surface area is 136 Å². The molecule has 8 heteroatoms. The normalized spacial score (nSPS) is 11.7. The van der Waals surface area contributed by atoms with E-state index < -0.39 is 28.6 Å². The summed E-state index contributed by atoms with van der Waals surface area (Å²) in [5.41, 5.74) is 1.15. The largest absolute Gasteiger partial charge is 0.331 e. The Kier molecular flexibility index (Phi) is 5.08. The van der Waals surface area contributed by atoms with Crippen LogP contribution in [-0.2, 0) is 0 Å². The fourth-order valence-electron chi connectivity index (χ4n) is 2.17. The van der Waals surface area contributed by atoms with Gasteiger partial charge in [-0.05, 0) is 43.7 Å². The van der Waals surface area contributed by atoms with E-state index in [9.17, 15) is 23.7 Å². The Morgan fingerprint density at radius 2 is 1.88 bits per heavy atom. The van der Waals surface area contributed by atoms with Crippen LogP contribution in [0.2, 0.25) is 0 Å². The molecule has 2 aromatic carbocycles. The first-order valence-corrected chi connectivity index (χ1v) is 7.05. The number of carbonyl (C=O) groups is 1. The zero-order chi connectivity index (χ0) is 17.9. The second-order valence-corrected chi connectivity index (χ2v) is 5.25. The van der Waals surface area contributed by atoms with Crippen LogP contribution in [0.15, 0.2) is 36.4 Å². The van der Waals surface area contributed by atoms with Gasteiger partial charge in [0.2, 0.25) is 0 Å². The molecule has 0 fully saturated rings. The first kappa shape index (κ1) is 17.3. The number of aryl methyl sites for hydroxylation is 1. The van der Waals surface area contributed by atoms with E-state index in [2.05, 4.69) is 10.6 Å². The number of urea groups is 1. The number of anilines is 1. The third-order valence-corrected chi connectivity index (χ3v) is 3.44. The lowest BCUT2D eigenvalue weighted by molar-refractivity contribution is -0.385. The Morgan fingerprint density at radius 3 is 2.46 bits per heavy atom. The number of nitrogens with zero attached hydrogens (tertiary/aromatic N) is 1. The molecule has 2 aromatic rings. The quantitative estimate of drug-likeness (QED) is 0.652. The van der Waals surface area contributed by atoms with Crippen molar-refractivity contribution in [2.75, 3.05) is 5.32 Å². The molecule has 0 aliphatic carbocycles. The molecule has 0 aromatic heterocycles. The van der Waals surface area contributed by atoms with E-state index in [0.717, 1.165) is 12.1 Å². The predicted molar refractivity (Wildman–Crippen MR) is 84.8 cm³/mol. The van der Waals surface area contributed by atoms with Gasteiger partial charge in [-0.15, -0.1) is 0 Å². The number of carbonyl (C=O) groups excluding carboxylic acids is 1. The maximum Gasteiger partial charge on any atom is 0.319 e. The number of benzene rings is 2. The van der Waals surface area contributed by atoms with Crippen LogP contribution in [-0.4, -0.2) is 11.0 Å². The molecular formula is C16H15F2N3O3. The van der Waals surface area contributed by atoms with Gasteiger partial charge in [0.05, 0.1) is 11.0 Å². The molecule has 0 aliphatic rings. The van der Waals surface area contributed by atoms with Gasteiger partial charge in [-0.1, -0.05) is 6.07 Å². The van der Waals surface area contributed by atoms with E-state index in [4.69, 9.17) is 0 Å². The van der Waals surface area contributed by atoms with Gasteiger partial charge in [0, 0.05) is 17.3 Å². The van der Waals surface area contributed by atoms with Crippen molar-refractivity contribution < 1.29 is 18.5 Å². The summed E-state index contributed by atoms with van der Waals surface area (Å²) in [5.74, 6) is -1.95. The number of rotatable bonds is 4. The van der Waals surface area contributed by atoms with Crippen molar-refractivity contribution in [3.8, 4) is 0 Å². The number of amides is 2. The molecule has 0 spiro atoms. The second kappa shape index (κ2) is 7.03. The summed E-state index contributed by atoms with van der Waals surface area (Å²) in [4.78, 5) is 22.2. The van der Waals surface area contributed by atoms with Crippen molar-refractivity contribution in [3.05, 3.63) is 69.3 Å². The highest BCUT2D eigenvalue weighted by Crippen LogP contribution is 2.22. The molecule has 1 unspecified atom stereocenters. The van der Waals surface area contributed by atoms with E-state index in [0.29, 0.717) is 16.8 Å². The first-order valence-electron chi connectivity index (χ1n) is 7.05. The molecule has 2 amide bonds. The Hall–Kier alpha value is -3.03. The summed E-state index contributed by atoms with van der Waals surface area (Å²) in [6.07, 6.45) is 0. The SMILES string of the molecule is Cc1cc(NC(=O)NC(C)c2ccc(F)c(F)c2)ccc1[N+](=O)[O-]. The highest BCUT2D eigenvalue weighted by Gasteiger charge is 2.14. The van der Waals surface area contributed by atoms with E-state index in [1.165, 1.54) is 24.3 Å². The van der Waals surface area contributed by atoms with Crippen LogP contribution in [0.4, 0.5) is 25.0 Å². The van der Waals surface area contributed by atoms with Gasteiger partial charge in [0.15, 0.2) is 11.6 Å². The zero-order valence-corrected chi connectivity index (χ0v) is 13.0. The van der Waals surface area contributed by atoms with Crippen LogP contribution in [0.3, 0.4) is 0 Å². The fourth-order valence-corrected chi connectivity index (χ4v) is 2.17. The summed E-state index contributed by atoms with van der Waals surface area (Å²) in [5, 5.41) is 15.9. The van der Waals surface area contributed by atoms with Crippen molar-refractivity contribution in [3.63, 3.8) is 0 Å². The molecule has 0 aliphatic heterocycles. The van der Waals surface area contributed by atoms with Crippen molar-refractivity contribution >= 4 is 17.4 Å². The van der Waals surface area contributed by atoms with E-state index >= 15 is 0 Å². The van der Waals surface area contributed by atoms with Gasteiger partial charge < -0.3 is 10.6 Å². The van der Waals surface area contributed by atoms with Crippen LogP contribution in [0.25, 0.3) is 0 Å². The lowest BCUT2D eigenvalue weighted by atomic mass is 10.1. The Balaban J connectivity index is 2.03. The van der Waals surface area contributed by atoms with E-state index in [-0.39, 0.29) is 5.69 Å². The van der Waals surface area contributed by atoms with Crippen LogP contribution in [0.1, 0.15) is 24.1 Å². The highest BCUT2D eigenvalue weighted by molar-refractivity contribution is 5.89. The molecule has 126 valence electrons. The molecule has 2 rings (SSSR count). The van der Waals surface area contributed by atoms with Gasteiger partial charge in [0.1, 0.15) is 0 Å². The summed E-state index contributed by atoms with van der Waals surface area (Å²) in [6, 6.07) is 6.42. The maximum atomic E-state index is 13.2. The van der Waals surface area contributed by atoms with Crippen molar-refractivity contribution in [1.29, 1.82) is 0 Å². The summed E-state index contributed by atoms with van der Waals surface area (Å²) in [6.45, 7) is 3.18. The number of hydrogen-bond donors (Lipinski definition) is 2. The zero-order valence-electron chi connectivity index (χ0n) is 13.0. The smallest absolute Gasteiger partial charge is 0.319 e. The molecule has 0 bridgehead atoms. The van der Waals surface area contributed by atoms with Crippen LogP contribution >= 0.6 is 0 Å². The lowest BCUT2D eigenvalue weighted by Gasteiger charge is -2.15. The highest BCUT2D eigenvalue weighted by atomic mass is 19.2. The third-order valence-electron chi connectivity index (χ3n) is 3.44. The Bertz CT molecular complexity index is 796. The van der Waals surface area contributed by atoms with Crippen LogP contribution < -0.4 is 10.6 Å². The average molecular weight is 335 g/mol. The van der Waals surface area contributed by atoms with Gasteiger partial charge in [0.25, 0.3) is 5.69 Å². The van der Waals surface area contributed by atoms with Gasteiger partial charge in [-0.25, -0.2) is 13.6 Å². The van der Waals surface area contributed by atoms with Gasteiger partial charge in [-0.3, -0.25) is 10.1 Å². The third kappa shape index (κ3) is 4.03. The maximum absolute atomic E-state index is 13.2. The molecule has 0 saturated heterocycles. The summed E-state index contributed by atoms with van der Waals surface area (Å²) < 4.78 is 26.1. The second-order valence-electron chi connectivity index (χ2n) is 5.25. The standard InChI is InChI=1S/C16H15F2N3O3/c1-9-7-12(4-6-15(9)21(23)24)20-16(22)19-10(2)11-3-5-13(17)14(18)8-11/h3-8,10H,1-2H3,(H2,19,20,22). The van der Waals surface area contributed by atoms with Crippen molar-refractivity contribution in [2.45, 2.75) is 19.9 Å². The predicted octanol–water partition coefficient (Wildman–Crippen LogP) is 4.06. The molecule has 0 saturated carbocycles. The summed E-state index contributed by atoms with van der Waals surface area (Å²) in [7, 11) is 0. The summed E-state index contributed by atoms with van der Waals surface area (Å²) >= 11 is 0. The molecule has 2 N–H and O–H groups in total. The molecule has 6 nitrogen and oxygen atoms in total. The lowest BCUT2D eigenvalue weighted by Crippen LogP contribution is -2.31. The number of nitro benzene ring substituents is 1. The first-order chi connectivity index (χ1) is 11.3. The number of halogens is 2. The van der Waals surface area contributed by atoms with E-state index in [1.54, 1.807) is 13.8 Å². The molecule has 0 radical (unpaired) electrons. The number of hydrogen-bond acceptors (Lipinski definition) is 3. The fraction of sp³-hybridized carbons (Fsp3) is 0.188. The van der Waals surface area contributed by atoms with Crippen LogP contribution in [0, 0.1) is 28.7 Å². The molecule has 1 atom stereocenters. The minimum Gasteiger partial charge on any atom is -0.331 e. The van der Waals surface area contributed by atoms with Crippen LogP contribution in [0.5, 0.6) is 0 Å². The molecule has 24 heavy (non-hydrogen) atoms. The minimum atomic E-state index is -0.993. The topological polar surface area (TPSA) is 84.3 Å². The van der Waals surface area contributed by atoms with E-state index in [1.807, 2.05) is 0 Å². The molecule has 0 heterocycles. The van der Waals surface area contributed by atoms with Crippen molar-refractivity contribution in [2.24, 2.45) is 0 Å². The average Bonchev–Trinajstić information content (AvgIpc) is 2.49. The van der Waals surface area contributed by atoms with Gasteiger partial charge in [-0.2, -0.15) is 0 Å².